The highest BCUT2D eigenvalue weighted by atomic mass is 16.6. The summed E-state index contributed by atoms with van der Waals surface area (Å²) in [5, 5.41) is 31.0. The van der Waals surface area contributed by atoms with Crippen molar-refractivity contribution in [3.05, 3.63) is 46.5 Å². The first-order valence-electron chi connectivity index (χ1n) is 9.13. The molecule has 154 valence electrons. The molecule has 0 radical (unpaired) electrons. The third-order valence-electron chi connectivity index (χ3n) is 5.21. The van der Waals surface area contributed by atoms with E-state index in [9.17, 15) is 20.1 Å². The molecule has 2 heterocycles. The van der Waals surface area contributed by atoms with Gasteiger partial charge in [-0.1, -0.05) is 0 Å². The van der Waals surface area contributed by atoms with Crippen LogP contribution in [0.1, 0.15) is 40.1 Å². The van der Waals surface area contributed by atoms with E-state index in [1.54, 1.807) is 18.2 Å². The number of phenolic OH excluding ortho intramolecular Hbond substituents is 1. The molecule has 4 rings (SSSR count). The fourth-order valence-electron chi connectivity index (χ4n) is 3.70. The largest absolute Gasteiger partial charge is 0.504 e. The number of cyclic esters (lactones) is 1. The van der Waals surface area contributed by atoms with Gasteiger partial charge in [0.25, 0.3) is 0 Å². The minimum atomic E-state index is -1.43. The van der Waals surface area contributed by atoms with E-state index < -0.39 is 23.8 Å². The number of hydrogen-bond acceptors (Lipinski definition) is 8. The molecule has 2 aromatic rings. The van der Waals surface area contributed by atoms with Crippen molar-refractivity contribution in [2.24, 2.45) is 0 Å². The zero-order valence-electron chi connectivity index (χ0n) is 16.3. The lowest BCUT2D eigenvalue weighted by Crippen LogP contribution is -2.38. The smallest absolute Gasteiger partial charge is 0.346 e. The Labute approximate surface area is 167 Å². The van der Waals surface area contributed by atoms with Crippen molar-refractivity contribution < 1.29 is 39.1 Å². The fourth-order valence-corrected chi connectivity index (χ4v) is 3.70. The number of benzene rings is 2. The minimum absolute atomic E-state index is 0.0120. The van der Waals surface area contributed by atoms with Gasteiger partial charge in [0.2, 0.25) is 0 Å². The molecule has 3 N–H and O–H groups in total. The SMILES string of the molecule is COc1c([C@H]2OC[C@@](C)(O)[C@H]2O)ccc2c1C(=O)OCc1cc(C)cc(O)c1O2. The summed E-state index contributed by atoms with van der Waals surface area (Å²) < 4.78 is 22.3. The van der Waals surface area contributed by atoms with Crippen LogP contribution in [-0.4, -0.2) is 46.7 Å². The van der Waals surface area contributed by atoms with Gasteiger partial charge in [0.1, 0.15) is 41.5 Å². The zero-order valence-corrected chi connectivity index (χ0v) is 16.3. The van der Waals surface area contributed by atoms with Crippen LogP contribution in [0.15, 0.2) is 24.3 Å². The molecular weight excluding hydrogens is 380 g/mol. The lowest BCUT2D eigenvalue weighted by Gasteiger charge is -2.25. The van der Waals surface area contributed by atoms with Gasteiger partial charge in [-0.2, -0.15) is 0 Å². The lowest BCUT2D eigenvalue weighted by molar-refractivity contribution is -0.0365. The molecule has 0 aliphatic carbocycles. The number of methoxy groups -OCH3 is 1. The molecule has 8 heteroatoms. The van der Waals surface area contributed by atoms with E-state index in [4.69, 9.17) is 18.9 Å². The molecule has 2 aliphatic heterocycles. The van der Waals surface area contributed by atoms with Crippen LogP contribution in [0.25, 0.3) is 0 Å². The van der Waals surface area contributed by atoms with Gasteiger partial charge in [0.05, 0.1) is 13.7 Å². The Morgan fingerprint density at radius 2 is 2.03 bits per heavy atom. The van der Waals surface area contributed by atoms with Gasteiger partial charge in [0.15, 0.2) is 11.5 Å². The molecule has 3 atom stereocenters. The highest BCUT2D eigenvalue weighted by Crippen LogP contribution is 2.46. The van der Waals surface area contributed by atoms with E-state index in [1.165, 1.54) is 20.1 Å². The number of fused-ring (bicyclic) bond motifs is 2. The number of hydrogen-bond donors (Lipinski definition) is 3. The van der Waals surface area contributed by atoms with Crippen LogP contribution in [0, 0.1) is 6.92 Å². The summed E-state index contributed by atoms with van der Waals surface area (Å²) >= 11 is 0. The number of rotatable bonds is 2. The zero-order chi connectivity index (χ0) is 20.9. The van der Waals surface area contributed by atoms with E-state index in [-0.39, 0.29) is 41.8 Å². The molecule has 0 amide bonds. The Balaban J connectivity index is 1.84. The van der Waals surface area contributed by atoms with Crippen molar-refractivity contribution in [2.45, 2.75) is 38.3 Å². The maximum atomic E-state index is 12.8. The van der Waals surface area contributed by atoms with Gasteiger partial charge in [-0.3, -0.25) is 0 Å². The second-order valence-electron chi connectivity index (χ2n) is 7.55. The molecule has 0 saturated carbocycles. The molecule has 29 heavy (non-hydrogen) atoms. The van der Waals surface area contributed by atoms with Crippen LogP contribution in [-0.2, 0) is 16.1 Å². The van der Waals surface area contributed by atoms with Crippen LogP contribution in [0.3, 0.4) is 0 Å². The molecule has 2 aromatic carbocycles. The van der Waals surface area contributed by atoms with Crippen molar-refractivity contribution in [1.82, 2.24) is 0 Å². The number of phenols is 1. The maximum Gasteiger partial charge on any atom is 0.346 e. The van der Waals surface area contributed by atoms with E-state index in [0.717, 1.165) is 5.56 Å². The van der Waals surface area contributed by atoms with Crippen LogP contribution in [0.4, 0.5) is 0 Å². The molecule has 0 bridgehead atoms. The van der Waals surface area contributed by atoms with Crippen LogP contribution < -0.4 is 9.47 Å². The first-order chi connectivity index (χ1) is 13.7. The third-order valence-corrected chi connectivity index (χ3v) is 5.21. The highest BCUT2D eigenvalue weighted by molar-refractivity contribution is 5.96. The van der Waals surface area contributed by atoms with Crippen molar-refractivity contribution in [1.29, 1.82) is 0 Å². The normalized spacial score (nSPS) is 25.9. The van der Waals surface area contributed by atoms with E-state index in [2.05, 4.69) is 0 Å². The lowest BCUT2D eigenvalue weighted by atomic mass is 9.93. The maximum absolute atomic E-state index is 12.8. The summed E-state index contributed by atoms with van der Waals surface area (Å²) in [6.45, 7) is 3.12. The summed E-state index contributed by atoms with van der Waals surface area (Å²) in [5.74, 6) is -0.305. The first-order valence-corrected chi connectivity index (χ1v) is 9.13. The van der Waals surface area contributed by atoms with Crippen LogP contribution in [0.2, 0.25) is 0 Å². The van der Waals surface area contributed by atoms with E-state index >= 15 is 0 Å². The van der Waals surface area contributed by atoms with Crippen molar-refractivity contribution in [3.63, 3.8) is 0 Å². The van der Waals surface area contributed by atoms with Crippen molar-refractivity contribution in [2.75, 3.05) is 13.7 Å². The molecule has 0 spiro atoms. The van der Waals surface area contributed by atoms with Gasteiger partial charge in [-0.25, -0.2) is 4.79 Å². The van der Waals surface area contributed by atoms with Crippen LogP contribution in [0.5, 0.6) is 23.0 Å². The quantitative estimate of drug-likeness (QED) is 0.656. The summed E-state index contributed by atoms with van der Waals surface area (Å²) in [4.78, 5) is 12.8. The number of aliphatic hydroxyl groups excluding tert-OH is 1. The molecule has 2 aliphatic rings. The molecule has 1 fully saturated rings. The average molecular weight is 402 g/mol. The van der Waals surface area contributed by atoms with Gasteiger partial charge >= 0.3 is 5.97 Å². The summed E-state index contributed by atoms with van der Waals surface area (Å²) in [7, 11) is 1.37. The topological polar surface area (TPSA) is 115 Å². The summed E-state index contributed by atoms with van der Waals surface area (Å²) in [6.07, 6.45) is -2.11. The summed E-state index contributed by atoms with van der Waals surface area (Å²) in [5.41, 5.74) is 0.299. The molecule has 0 aromatic heterocycles. The standard InChI is InChI=1S/C21H22O8/c1-10-6-11-8-27-20(24)15-14(29-16(11)13(22)7-10)5-4-12(17(15)26-3)18-19(23)21(2,25)9-28-18/h4-7,18-19,22-23,25H,8-9H2,1-3H3/t18-,19+,21-/m1/s1. The summed E-state index contributed by atoms with van der Waals surface area (Å²) in [6, 6.07) is 6.43. The number of esters is 1. The second kappa shape index (κ2) is 6.91. The van der Waals surface area contributed by atoms with E-state index in [0.29, 0.717) is 11.1 Å². The van der Waals surface area contributed by atoms with Gasteiger partial charge in [-0.15, -0.1) is 0 Å². The predicted molar refractivity (Wildman–Crippen MR) is 100 cm³/mol. The molecule has 8 nitrogen and oxygen atoms in total. The minimum Gasteiger partial charge on any atom is -0.504 e. The number of aliphatic hydroxyl groups is 2. The molecular formula is C21H22O8. The van der Waals surface area contributed by atoms with Gasteiger partial charge in [0, 0.05) is 11.1 Å². The number of ether oxygens (including phenoxy) is 4. The Hall–Kier alpha value is -2.81. The first kappa shape index (κ1) is 19.5. The third kappa shape index (κ3) is 3.19. The monoisotopic (exact) mass is 402 g/mol. The number of aromatic hydroxyl groups is 1. The fraction of sp³-hybridized carbons (Fsp3) is 0.381. The molecule has 1 saturated heterocycles. The molecule has 0 unspecified atom stereocenters. The average Bonchev–Trinajstić information content (AvgIpc) is 2.93. The predicted octanol–water partition coefficient (Wildman–Crippen LogP) is 2.36. The van der Waals surface area contributed by atoms with Crippen molar-refractivity contribution >= 4 is 5.97 Å². The Morgan fingerprint density at radius 3 is 2.69 bits per heavy atom. The van der Waals surface area contributed by atoms with E-state index in [1.807, 2.05) is 6.92 Å². The Bertz CT molecular complexity index is 981. The van der Waals surface area contributed by atoms with Gasteiger partial charge < -0.3 is 34.3 Å². The van der Waals surface area contributed by atoms with Crippen molar-refractivity contribution in [3.8, 4) is 23.0 Å². The van der Waals surface area contributed by atoms with Gasteiger partial charge in [-0.05, 0) is 43.7 Å². The Kier molecular flexibility index (Phi) is 4.65. The number of carbonyl (C=O) groups excluding carboxylic acids is 1. The number of aryl methyl sites for hydroxylation is 1. The highest BCUT2D eigenvalue weighted by Gasteiger charge is 2.46. The second-order valence-corrected chi connectivity index (χ2v) is 7.55. The Morgan fingerprint density at radius 1 is 1.28 bits per heavy atom. The van der Waals surface area contributed by atoms with Crippen LogP contribution >= 0.6 is 0 Å². The number of carbonyl (C=O) groups is 1.